The Morgan fingerprint density at radius 2 is 1.70 bits per heavy atom. The van der Waals surface area contributed by atoms with Crippen LogP contribution in [0.5, 0.6) is 17.2 Å². The summed E-state index contributed by atoms with van der Waals surface area (Å²) in [7, 11) is 0. The molecule has 0 aliphatic rings. The molecule has 136 valence electrons. The second-order valence-corrected chi connectivity index (χ2v) is 5.82. The second kappa shape index (κ2) is 8.20. The topological polar surface area (TPSA) is 101 Å². The number of rotatable bonds is 4. The van der Waals surface area contributed by atoms with Crippen molar-refractivity contribution in [2.75, 3.05) is 0 Å². The highest BCUT2D eigenvalue weighted by atomic mass is 35.5. The first kappa shape index (κ1) is 18.2. The summed E-state index contributed by atoms with van der Waals surface area (Å²) in [5.41, 5.74) is 4.75. The zero-order valence-corrected chi connectivity index (χ0v) is 14.6. The van der Waals surface area contributed by atoms with Crippen LogP contribution in [-0.4, -0.2) is 21.9 Å². The molecular weight excluding hydrogens is 370 g/mol. The molecule has 2 amide bonds. The maximum Gasteiger partial charge on any atom is 0.273 e. The number of phenolic OH excluding ortho intramolecular Hbond substituents is 1. The van der Waals surface area contributed by atoms with Crippen molar-refractivity contribution in [2.24, 2.45) is 0 Å². The summed E-state index contributed by atoms with van der Waals surface area (Å²) in [5, 5.41) is 9.97. The van der Waals surface area contributed by atoms with Gasteiger partial charge in [-0.15, -0.1) is 0 Å². The fourth-order valence-electron chi connectivity index (χ4n) is 2.16. The quantitative estimate of drug-likeness (QED) is 0.600. The Labute approximate surface area is 159 Å². The average molecular weight is 384 g/mol. The highest BCUT2D eigenvalue weighted by Gasteiger charge is 2.13. The number of hydrogen-bond donors (Lipinski definition) is 3. The van der Waals surface area contributed by atoms with Gasteiger partial charge in [-0.3, -0.25) is 25.4 Å². The average Bonchev–Trinajstić information content (AvgIpc) is 2.69. The first-order valence-electron chi connectivity index (χ1n) is 7.80. The van der Waals surface area contributed by atoms with Crippen molar-refractivity contribution in [3.8, 4) is 17.2 Å². The number of amides is 2. The number of benzene rings is 2. The number of carbonyl (C=O) groups is 2. The van der Waals surface area contributed by atoms with Gasteiger partial charge in [-0.1, -0.05) is 11.6 Å². The van der Waals surface area contributed by atoms with E-state index in [1.165, 1.54) is 18.2 Å². The van der Waals surface area contributed by atoms with Crippen LogP contribution in [0.1, 0.15) is 20.7 Å². The summed E-state index contributed by atoms with van der Waals surface area (Å²) in [6.07, 6.45) is 3.21. The van der Waals surface area contributed by atoms with Crippen LogP contribution >= 0.6 is 11.6 Å². The Morgan fingerprint density at radius 3 is 2.41 bits per heavy atom. The number of halogens is 1. The molecule has 7 nitrogen and oxygen atoms in total. The standard InChI is InChI=1S/C19H14ClN3O4/c20-13-5-8-17(24)16(10-13)19(26)23-22-18(25)12-3-6-14(7-4-12)27-15-2-1-9-21-11-15/h1-11,24H,(H,22,25)(H,23,26). The third-order valence-corrected chi connectivity index (χ3v) is 3.71. The van der Waals surface area contributed by atoms with E-state index in [-0.39, 0.29) is 16.3 Å². The molecule has 0 bridgehead atoms. The van der Waals surface area contributed by atoms with Gasteiger partial charge in [-0.25, -0.2) is 0 Å². The lowest BCUT2D eigenvalue weighted by molar-refractivity contribution is 0.0845. The predicted molar refractivity (Wildman–Crippen MR) is 98.8 cm³/mol. The van der Waals surface area contributed by atoms with Gasteiger partial charge in [0.2, 0.25) is 0 Å². The summed E-state index contributed by atoms with van der Waals surface area (Å²) in [4.78, 5) is 28.1. The molecule has 8 heteroatoms. The molecule has 0 saturated heterocycles. The molecule has 2 aromatic carbocycles. The van der Waals surface area contributed by atoms with Gasteiger partial charge in [0.25, 0.3) is 11.8 Å². The van der Waals surface area contributed by atoms with E-state index < -0.39 is 11.8 Å². The van der Waals surface area contributed by atoms with E-state index in [1.54, 1.807) is 48.8 Å². The van der Waals surface area contributed by atoms with Crippen molar-refractivity contribution < 1.29 is 19.4 Å². The number of hydrazine groups is 1. The molecule has 0 aliphatic heterocycles. The van der Waals surface area contributed by atoms with E-state index in [0.717, 1.165) is 0 Å². The van der Waals surface area contributed by atoms with E-state index in [4.69, 9.17) is 16.3 Å². The van der Waals surface area contributed by atoms with Gasteiger partial charge in [-0.05, 0) is 54.6 Å². The first-order valence-corrected chi connectivity index (χ1v) is 8.18. The van der Waals surface area contributed by atoms with E-state index in [1.807, 2.05) is 0 Å². The van der Waals surface area contributed by atoms with Crippen LogP contribution < -0.4 is 15.6 Å². The molecule has 0 aliphatic carbocycles. The Bertz CT molecular complexity index is 962. The maximum atomic E-state index is 12.1. The van der Waals surface area contributed by atoms with Gasteiger partial charge in [-0.2, -0.15) is 0 Å². The number of ether oxygens (including phenoxy) is 1. The molecular formula is C19H14ClN3O4. The summed E-state index contributed by atoms with van der Waals surface area (Å²) in [5.74, 6) is -0.364. The monoisotopic (exact) mass is 383 g/mol. The van der Waals surface area contributed by atoms with Crippen molar-refractivity contribution in [1.29, 1.82) is 0 Å². The third-order valence-electron chi connectivity index (χ3n) is 3.48. The SMILES string of the molecule is O=C(NNC(=O)c1cc(Cl)ccc1O)c1ccc(Oc2cccnc2)cc1. The highest BCUT2D eigenvalue weighted by Crippen LogP contribution is 2.22. The van der Waals surface area contributed by atoms with Crippen LogP contribution in [-0.2, 0) is 0 Å². The van der Waals surface area contributed by atoms with Gasteiger partial charge in [0.05, 0.1) is 11.8 Å². The number of nitrogens with zero attached hydrogens (tertiary/aromatic N) is 1. The normalized spacial score (nSPS) is 10.1. The molecule has 0 fully saturated rings. The molecule has 3 N–H and O–H groups in total. The largest absolute Gasteiger partial charge is 0.507 e. The zero-order valence-electron chi connectivity index (χ0n) is 13.8. The van der Waals surface area contributed by atoms with Crippen LogP contribution in [0.25, 0.3) is 0 Å². The molecule has 0 saturated carbocycles. The minimum atomic E-state index is -0.695. The summed E-state index contributed by atoms with van der Waals surface area (Å²) >= 11 is 5.80. The second-order valence-electron chi connectivity index (χ2n) is 5.38. The maximum absolute atomic E-state index is 12.1. The minimum Gasteiger partial charge on any atom is -0.507 e. The smallest absolute Gasteiger partial charge is 0.273 e. The van der Waals surface area contributed by atoms with Crippen LogP contribution in [0.2, 0.25) is 5.02 Å². The Kier molecular flexibility index (Phi) is 5.53. The van der Waals surface area contributed by atoms with Crippen LogP contribution in [0, 0.1) is 0 Å². The minimum absolute atomic E-state index is 0.0528. The Balaban J connectivity index is 1.59. The molecule has 3 aromatic rings. The van der Waals surface area contributed by atoms with Gasteiger partial charge in [0.15, 0.2) is 0 Å². The fraction of sp³-hybridized carbons (Fsp3) is 0. The molecule has 27 heavy (non-hydrogen) atoms. The lowest BCUT2D eigenvalue weighted by Gasteiger charge is -2.09. The fourth-order valence-corrected chi connectivity index (χ4v) is 2.33. The zero-order chi connectivity index (χ0) is 19.2. The van der Waals surface area contributed by atoms with Gasteiger partial charge < -0.3 is 9.84 Å². The molecule has 0 atom stereocenters. The Hall–Kier alpha value is -3.58. The van der Waals surface area contributed by atoms with Gasteiger partial charge in [0.1, 0.15) is 17.2 Å². The molecule has 1 aromatic heterocycles. The number of aromatic hydroxyl groups is 1. The van der Waals surface area contributed by atoms with Gasteiger partial charge in [0, 0.05) is 16.8 Å². The van der Waals surface area contributed by atoms with Crippen LogP contribution in [0.3, 0.4) is 0 Å². The van der Waals surface area contributed by atoms with E-state index in [0.29, 0.717) is 17.1 Å². The van der Waals surface area contributed by atoms with Crippen molar-refractivity contribution in [1.82, 2.24) is 15.8 Å². The number of pyridine rings is 1. The highest BCUT2D eigenvalue weighted by molar-refractivity contribution is 6.31. The number of phenols is 1. The number of nitrogens with one attached hydrogen (secondary N) is 2. The summed E-state index contributed by atoms with van der Waals surface area (Å²) in [6, 6.07) is 13.9. The van der Waals surface area contributed by atoms with Gasteiger partial charge >= 0.3 is 0 Å². The molecule has 0 unspecified atom stereocenters. The Morgan fingerprint density at radius 1 is 0.963 bits per heavy atom. The first-order chi connectivity index (χ1) is 13.0. The lowest BCUT2D eigenvalue weighted by Crippen LogP contribution is -2.41. The van der Waals surface area contributed by atoms with E-state index >= 15 is 0 Å². The molecule has 1 heterocycles. The van der Waals surface area contributed by atoms with Crippen molar-refractivity contribution in [2.45, 2.75) is 0 Å². The van der Waals surface area contributed by atoms with Crippen molar-refractivity contribution in [3.63, 3.8) is 0 Å². The molecule has 3 rings (SSSR count). The predicted octanol–water partition coefficient (Wildman–Crippen LogP) is 3.31. The summed E-state index contributed by atoms with van der Waals surface area (Å²) in [6.45, 7) is 0. The number of aromatic nitrogens is 1. The van der Waals surface area contributed by atoms with Crippen LogP contribution in [0.15, 0.2) is 67.0 Å². The number of carbonyl (C=O) groups excluding carboxylic acids is 2. The van der Waals surface area contributed by atoms with Crippen LogP contribution in [0.4, 0.5) is 0 Å². The van der Waals surface area contributed by atoms with Crippen molar-refractivity contribution in [3.05, 3.63) is 83.1 Å². The molecule has 0 spiro atoms. The van der Waals surface area contributed by atoms with E-state index in [2.05, 4.69) is 15.8 Å². The molecule has 0 radical (unpaired) electrons. The van der Waals surface area contributed by atoms with Crippen molar-refractivity contribution >= 4 is 23.4 Å². The number of hydrogen-bond acceptors (Lipinski definition) is 5. The lowest BCUT2D eigenvalue weighted by atomic mass is 10.2. The third kappa shape index (κ3) is 4.74. The van der Waals surface area contributed by atoms with E-state index in [9.17, 15) is 14.7 Å². The summed E-state index contributed by atoms with van der Waals surface area (Å²) < 4.78 is 5.59.